The van der Waals surface area contributed by atoms with Crippen LogP contribution in [0.15, 0.2) is 48.7 Å². The van der Waals surface area contributed by atoms with Crippen molar-refractivity contribution in [2.45, 2.75) is 6.54 Å². The summed E-state index contributed by atoms with van der Waals surface area (Å²) in [6.45, 7) is 0.429. The highest BCUT2D eigenvalue weighted by Crippen LogP contribution is 2.26. The van der Waals surface area contributed by atoms with Crippen molar-refractivity contribution >= 4 is 35.4 Å². The molecule has 10 heteroatoms. The van der Waals surface area contributed by atoms with Crippen molar-refractivity contribution in [3.63, 3.8) is 0 Å². The Morgan fingerprint density at radius 3 is 2.64 bits per heavy atom. The second-order valence-corrected chi connectivity index (χ2v) is 7.11. The van der Waals surface area contributed by atoms with E-state index >= 15 is 0 Å². The molecule has 7 nitrogen and oxygen atoms in total. The molecule has 0 bridgehead atoms. The molecule has 0 saturated heterocycles. The second-order valence-electron chi connectivity index (χ2n) is 5.88. The zero-order valence-electron chi connectivity index (χ0n) is 14.2. The van der Waals surface area contributed by atoms with Gasteiger partial charge in [-0.1, -0.05) is 47.6 Å². The van der Waals surface area contributed by atoms with Crippen molar-refractivity contribution in [1.82, 2.24) is 30.0 Å². The lowest BCUT2D eigenvalue weighted by atomic mass is 10.1. The van der Waals surface area contributed by atoms with Crippen LogP contribution in [0.1, 0.15) is 11.1 Å². The molecule has 4 aromatic rings. The Bertz CT molecular complexity index is 1250. The molecule has 4 rings (SSSR count). The van der Waals surface area contributed by atoms with Crippen LogP contribution in [0.25, 0.3) is 17.1 Å². The fourth-order valence-electron chi connectivity index (χ4n) is 2.64. The molecule has 0 fully saturated rings. The summed E-state index contributed by atoms with van der Waals surface area (Å²) >= 11 is 17.8. The van der Waals surface area contributed by atoms with Gasteiger partial charge in [-0.15, -0.1) is 10.2 Å². The number of tetrazole rings is 1. The Hall–Kier alpha value is -2.99. The lowest BCUT2D eigenvalue weighted by molar-refractivity contribution is 0.573. The number of hydrogen-bond donors (Lipinski definition) is 1. The second kappa shape index (κ2) is 7.56. The van der Waals surface area contributed by atoms with Crippen LogP contribution in [0.4, 0.5) is 0 Å². The predicted molar refractivity (Wildman–Crippen MR) is 108 cm³/mol. The van der Waals surface area contributed by atoms with E-state index < -0.39 is 0 Å². The monoisotopic (exact) mass is 427 g/mol. The minimum Gasteiger partial charge on any atom is -0.299 e. The molecule has 0 atom stereocenters. The molecule has 1 N–H and O–H groups in total. The molecule has 0 aliphatic rings. The van der Waals surface area contributed by atoms with Crippen LogP contribution >= 0.6 is 35.4 Å². The van der Waals surface area contributed by atoms with Crippen molar-refractivity contribution in [1.29, 1.82) is 5.26 Å². The summed E-state index contributed by atoms with van der Waals surface area (Å²) in [5.74, 6) is 0.402. The third-order valence-corrected chi connectivity index (χ3v) is 4.96. The van der Waals surface area contributed by atoms with Crippen LogP contribution < -0.4 is 0 Å². The van der Waals surface area contributed by atoms with Crippen LogP contribution in [0.3, 0.4) is 0 Å². The normalized spacial score (nSPS) is 10.8. The summed E-state index contributed by atoms with van der Waals surface area (Å²) in [6, 6.07) is 14.4. The van der Waals surface area contributed by atoms with Crippen LogP contribution in [-0.4, -0.2) is 30.0 Å². The molecule has 2 heterocycles. The molecular formula is C18H11Cl2N7S. The Morgan fingerprint density at radius 2 is 1.93 bits per heavy atom. The molecule has 0 spiro atoms. The molecule has 2 aromatic carbocycles. The van der Waals surface area contributed by atoms with Gasteiger partial charge in [-0.3, -0.25) is 5.10 Å². The maximum atomic E-state index is 8.87. The number of aromatic nitrogens is 6. The minimum atomic E-state index is 0.402. The van der Waals surface area contributed by atoms with Gasteiger partial charge in [-0.05, 0) is 41.1 Å². The van der Waals surface area contributed by atoms with Crippen molar-refractivity contribution in [3.8, 4) is 23.1 Å². The first-order valence-electron chi connectivity index (χ1n) is 8.08. The van der Waals surface area contributed by atoms with Crippen LogP contribution in [0.2, 0.25) is 10.0 Å². The van der Waals surface area contributed by atoms with Gasteiger partial charge in [0, 0.05) is 11.2 Å². The van der Waals surface area contributed by atoms with E-state index in [0.717, 1.165) is 5.56 Å². The maximum absolute atomic E-state index is 8.87. The van der Waals surface area contributed by atoms with Gasteiger partial charge in [-0.25, -0.2) is 4.68 Å². The molecule has 0 radical (unpaired) electrons. The van der Waals surface area contributed by atoms with E-state index in [1.165, 1.54) is 4.80 Å². The molecule has 2 aromatic heterocycles. The van der Waals surface area contributed by atoms with Crippen molar-refractivity contribution in [3.05, 3.63) is 74.5 Å². The number of aromatic amines is 1. The summed E-state index contributed by atoms with van der Waals surface area (Å²) in [5.41, 5.74) is 2.86. The first-order chi connectivity index (χ1) is 13.5. The smallest absolute Gasteiger partial charge is 0.209 e. The first kappa shape index (κ1) is 18.4. The summed E-state index contributed by atoms with van der Waals surface area (Å²) in [7, 11) is 0. The van der Waals surface area contributed by atoms with Gasteiger partial charge in [0.2, 0.25) is 5.82 Å². The number of halogens is 2. The highest BCUT2D eigenvalue weighted by Gasteiger charge is 2.14. The molecule has 0 aliphatic heterocycles. The fourth-order valence-corrected chi connectivity index (χ4v) is 3.43. The molecular weight excluding hydrogens is 417 g/mol. The highest BCUT2D eigenvalue weighted by atomic mass is 35.5. The predicted octanol–water partition coefficient (Wildman–Crippen LogP) is 4.42. The lowest BCUT2D eigenvalue weighted by Gasteiger charge is -2.05. The van der Waals surface area contributed by atoms with Gasteiger partial charge < -0.3 is 0 Å². The number of H-pyrrole nitrogens is 1. The largest absolute Gasteiger partial charge is 0.299 e. The summed E-state index contributed by atoms with van der Waals surface area (Å²) in [6.07, 6.45) is 1.70. The third kappa shape index (κ3) is 3.55. The number of hydrogen-bond acceptors (Lipinski definition) is 5. The van der Waals surface area contributed by atoms with E-state index in [0.29, 0.717) is 43.9 Å². The lowest BCUT2D eigenvalue weighted by Crippen LogP contribution is -2.04. The van der Waals surface area contributed by atoms with Gasteiger partial charge in [0.15, 0.2) is 0 Å². The summed E-state index contributed by atoms with van der Waals surface area (Å²) in [4.78, 5) is 1.47. The van der Waals surface area contributed by atoms with Gasteiger partial charge in [0.05, 0.1) is 34.5 Å². The third-order valence-electron chi connectivity index (χ3n) is 4.02. The van der Waals surface area contributed by atoms with E-state index in [1.54, 1.807) is 41.2 Å². The standard InChI is InChI=1S/C18H11Cl2N7S/c19-13-5-6-16(15(20)7-13)27-18(28)14(9-22-27)17-23-25-26(24-17)10-12-3-1-11(8-21)2-4-12/h1-7,9,22H,10H2. The Morgan fingerprint density at radius 1 is 1.14 bits per heavy atom. The van der Waals surface area contributed by atoms with Crippen LogP contribution in [-0.2, 0) is 6.54 Å². The van der Waals surface area contributed by atoms with E-state index in [4.69, 9.17) is 40.7 Å². The molecule has 0 unspecified atom stereocenters. The van der Waals surface area contributed by atoms with Gasteiger partial charge in [0.25, 0.3) is 0 Å². The van der Waals surface area contributed by atoms with Crippen LogP contribution in [0, 0.1) is 16.0 Å². The average Bonchev–Trinajstić information content (AvgIpc) is 3.29. The SMILES string of the molecule is N#Cc1ccc(Cn2nnc(-c3c[nH]n(-c4ccc(Cl)cc4Cl)c3=S)n2)cc1. The number of nitrogens with zero attached hydrogens (tertiary/aromatic N) is 6. The highest BCUT2D eigenvalue weighted by molar-refractivity contribution is 7.71. The summed E-state index contributed by atoms with van der Waals surface area (Å²) < 4.78 is 2.13. The fraction of sp³-hybridized carbons (Fsp3) is 0.0556. The number of benzene rings is 2. The quantitative estimate of drug-likeness (QED) is 0.487. The number of rotatable bonds is 4. The number of nitriles is 1. The van der Waals surface area contributed by atoms with Gasteiger partial charge in [-0.2, -0.15) is 10.1 Å². The topological polar surface area (TPSA) is 88.1 Å². The van der Waals surface area contributed by atoms with Gasteiger partial charge in [0.1, 0.15) is 4.64 Å². The average molecular weight is 428 g/mol. The zero-order valence-corrected chi connectivity index (χ0v) is 16.5. The van der Waals surface area contributed by atoms with Crippen LogP contribution in [0.5, 0.6) is 0 Å². The van der Waals surface area contributed by atoms with Gasteiger partial charge >= 0.3 is 0 Å². The molecule has 0 saturated carbocycles. The maximum Gasteiger partial charge on any atom is 0.209 e. The zero-order chi connectivity index (χ0) is 19.7. The molecule has 138 valence electrons. The van der Waals surface area contributed by atoms with E-state index in [-0.39, 0.29) is 0 Å². The van der Waals surface area contributed by atoms with E-state index in [2.05, 4.69) is 26.6 Å². The molecule has 28 heavy (non-hydrogen) atoms. The van der Waals surface area contributed by atoms with Crippen molar-refractivity contribution in [2.75, 3.05) is 0 Å². The Labute approximate surface area is 174 Å². The summed E-state index contributed by atoms with van der Waals surface area (Å²) in [5, 5.41) is 25.5. The van der Waals surface area contributed by atoms with Crippen molar-refractivity contribution < 1.29 is 0 Å². The number of nitrogens with one attached hydrogen (secondary N) is 1. The molecule has 0 aliphatic carbocycles. The van der Waals surface area contributed by atoms with E-state index in [9.17, 15) is 0 Å². The Kier molecular flexibility index (Phi) is 4.96. The Balaban J connectivity index is 1.61. The van der Waals surface area contributed by atoms with E-state index in [1.807, 2.05) is 12.1 Å². The first-order valence-corrected chi connectivity index (χ1v) is 9.24. The van der Waals surface area contributed by atoms with Crippen molar-refractivity contribution in [2.24, 2.45) is 0 Å². The molecule has 0 amide bonds. The minimum absolute atomic E-state index is 0.402.